The number of anilines is 6. The Balaban J connectivity index is 1.03. The molecule has 12 aromatic rings. The molecule has 14 rings (SSSR count). The van der Waals surface area contributed by atoms with Gasteiger partial charge in [-0.2, -0.15) is 0 Å². The fraction of sp³-hybridized carbons (Fsp3) is 0.203. The van der Waals surface area contributed by atoms with Crippen molar-refractivity contribution < 1.29 is 0 Å². The van der Waals surface area contributed by atoms with Crippen molar-refractivity contribution in [3.05, 3.63) is 247 Å². The summed E-state index contributed by atoms with van der Waals surface area (Å²) in [7, 11) is 0. The first kappa shape index (κ1) is 54.6. The van der Waals surface area contributed by atoms with Crippen LogP contribution >= 0.6 is 0 Å². The van der Waals surface area contributed by atoms with Crippen LogP contribution in [0.25, 0.3) is 72.8 Å². The van der Waals surface area contributed by atoms with Crippen LogP contribution in [0.15, 0.2) is 224 Å². The second kappa shape index (κ2) is 20.2. The van der Waals surface area contributed by atoms with E-state index in [1.165, 1.54) is 72.8 Å². The fourth-order valence-electron chi connectivity index (χ4n) is 13.0. The van der Waals surface area contributed by atoms with Gasteiger partial charge in [-0.3, -0.25) is 0 Å². The molecule has 2 aliphatic heterocycles. The SMILES string of the molecule is CC(C)(C)c1cc(N2c3ccccc3B3c4ccccc4N(c4cc(C(C)(C)C)cc(C(C)(C)C)c4)c4cc(-c5ccc6c(c5)c5ccccc5n6-c5ccccc5-c5nc(-c6ccccc6)nc(-c6ccccc6)n5)cc2c43)cc(C(C)(C)C)c1. The summed E-state index contributed by atoms with van der Waals surface area (Å²) in [5, 5.41) is 2.32. The number of benzene rings is 10. The molecule has 2 aromatic heterocycles. The molecule has 422 valence electrons. The maximum atomic E-state index is 5.25. The van der Waals surface area contributed by atoms with Crippen LogP contribution in [0.3, 0.4) is 0 Å². The van der Waals surface area contributed by atoms with E-state index >= 15 is 0 Å². The van der Waals surface area contributed by atoms with E-state index in [2.05, 4.69) is 286 Å². The third-order valence-corrected chi connectivity index (χ3v) is 17.8. The zero-order valence-corrected chi connectivity index (χ0v) is 51.6. The molecule has 0 amide bonds. The molecule has 0 saturated heterocycles. The number of nitrogens with zero attached hydrogens (tertiary/aromatic N) is 6. The minimum absolute atomic E-state index is 0.0211. The summed E-state index contributed by atoms with van der Waals surface area (Å²) in [5.74, 6) is 1.87. The van der Waals surface area contributed by atoms with E-state index < -0.39 is 0 Å². The number of hydrogen-bond acceptors (Lipinski definition) is 5. The largest absolute Gasteiger partial charge is 0.311 e. The Labute approximate surface area is 508 Å². The second-order valence-electron chi connectivity index (χ2n) is 27.8. The summed E-state index contributed by atoms with van der Waals surface area (Å²) >= 11 is 0. The first-order valence-electron chi connectivity index (χ1n) is 30.5. The average molecular weight is 1120 g/mol. The van der Waals surface area contributed by atoms with E-state index in [1.54, 1.807) is 0 Å². The van der Waals surface area contributed by atoms with Crippen molar-refractivity contribution in [1.82, 2.24) is 19.5 Å². The second-order valence-corrected chi connectivity index (χ2v) is 27.8. The van der Waals surface area contributed by atoms with Crippen molar-refractivity contribution >= 4 is 79.0 Å². The average Bonchev–Trinajstić information content (AvgIpc) is 0.886. The molecule has 0 bridgehead atoms. The minimum atomic E-state index is -0.0929. The zero-order valence-electron chi connectivity index (χ0n) is 51.6. The standard InChI is InChI=1S/C79H73BN6/c1-76(2,3)54-44-55(77(4,5)6)47-58(46-54)84-68-37-25-21-33-63(68)80-64-34-22-26-38-69(64)85(59-48-56(78(7,8)9)45-57(49-59)79(10,11)12)71-43-53(42-70(84)72(71)80)52-39-40-67-62(41-52)60-31-19-23-35-65(60)86(67)66-36-24-20-32-61(66)75-82-73(50-27-15-13-16-28-50)81-74(83-75)51-29-17-14-18-30-51/h13-49H,1-12H3. The van der Waals surface area contributed by atoms with Gasteiger partial charge in [0.2, 0.25) is 0 Å². The van der Waals surface area contributed by atoms with E-state index in [-0.39, 0.29) is 28.4 Å². The van der Waals surface area contributed by atoms with Crippen LogP contribution < -0.4 is 26.2 Å². The zero-order chi connectivity index (χ0) is 59.6. The topological polar surface area (TPSA) is 50.1 Å². The summed E-state index contributed by atoms with van der Waals surface area (Å²) in [5.41, 5.74) is 24.2. The summed E-state index contributed by atoms with van der Waals surface area (Å²) < 4.78 is 2.40. The van der Waals surface area contributed by atoms with E-state index in [0.29, 0.717) is 17.5 Å². The van der Waals surface area contributed by atoms with Gasteiger partial charge in [0.15, 0.2) is 17.5 Å². The normalized spacial score (nSPS) is 13.3. The van der Waals surface area contributed by atoms with Crippen LogP contribution in [-0.4, -0.2) is 26.2 Å². The van der Waals surface area contributed by atoms with Crippen LogP contribution in [0.5, 0.6) is 0 Å². The number of hydrogen-bond donors (Lipinski definition) is 0. The molecule has 6 nitrogen and oxygen atoms in total. The molecule has 86 heavy (non-hydrogen) atoms. The van der Waals surface area contributed by atoms with E-state index in [1.807, 2.05) is 36.4 Å². The van der Waals surface area contributed by atoms with Crippen LogP contribution in [0.2, 0.25) is 0 Å². The Morgan fingerprint density at radius 3 is 1.20 bits per heavy atom. The van der Waals surface area contributed by atoms with Gasteiger partial charge in [0, 0.05) is 61.6 Å². The summed E-state index contributed by atoms with van der Waals surface area (Å²) in [6.07, 6.45) is 0. The number of rotatable bonds is 7. The fourth-order valence-corrected chi connectivity index (χ4v) is 13.0. The van der Waals surface area contributed by atoms with Gasteiger partial charge in [0.1, 0.15) is 0 Å². The highest BCUT2D eigenvalue weighted by molar-refractivity contribution is 7.00. The van der Waals surface area contributed by atoms with Gasteiger partial charge in [-0.05, 0) is 150 Å². The van der Waals surface area contributed by atoms with Gasteiger partial charge in [0.05, 0.1) is 16.7 Å². The molecule has 0 N–H and O–H groups in total. The third-order valence-electron chi connectivity index (χ3n) is 17.8. The summed E-state index contributed by atoms with van der Waals surface area (Å²) in [4.78, 5) is 20.8. The van der Waals surface area contributed by atoms with Crippen molar-refractivity contribution in [3.63, 3.8) is 0 Å². The van der Waals surface area contributed by atoms with Gasteiger partial charge in [-0.15, -0.1) is 0 Å². The van der Waals surface area contributed by atoms with Gasteiger partial charge >= 0.3 is 0 Å². The highest BCUT2D eigenvalue weighted by Gasteiger charge is 2.44. The highest BCUT2D eigenvalue weighted by Crippen LogP contribution is 2.49. The molecule has 0 aliphatic carbocycles. The Morgan fingerprint density at radius 2 is 0.709 bits per heavy atom. The van der Waals surface area contributed by atoms with Crippen molar-refractivity contribution in [3.8, 4) is 51.0 Å². The molecular weight excluding hydrogens is 1040 g/mol. The highest BCUT2D eigenvalue weighted by atomic mass is 15.2. The van der Waals surface area contributed by atoms with Crippen LogP contribution in [0, 0.1) is 0 Å². The molecule has 0 radical (unpaired) electrons. The Bertz CT molecular complexity index is 4370. The van der Waals surface area contributed by atoms with Gasteiger partial charge in [-0.1, -0.05) is 229 Å². The molecule has 10 aromatic carbocycles. The minimum Gasteiger partial charge on any atom is -0.311 e. The van der Waals surface area contributed by atoms with Crippen LogP contribution in [0.4, 0.5) is 34.1 Å². The first-order chi connectivity index (χ1) is 41.2. The maximum Gasteiger partial charge on any atom is 0.252 e. The lowest BCUT2D eigenvalue weighted by atomic mass is 9.33. The van der Waals surface area contributed by atoms with E-state index in [0.717, 1.165) is 55.3 Å². The molecule has 0 saturated carbocycles. The molecule has 0 atom stereocenters. The van der Waals surface area contributed by atoms with Gasteiger partial charge in [-0.25, -0.2) is 15.0 Å². The maximum absolute atomic E-state index is 5.25. The van der Waals surface area contributed by atoms with Crippen molar-refractivity contribution in [2.75, 3.05) is 9.80 Å². The van der Waals surface area contributed by atoms with Crippen LogP contribution in [0.1, 0.15) is 105 Å². The third kappa shape index (κ3) is 9.40. The lowest BCUT2D eigenvalue weighted by molar-refractivity contribution is 0.568. The Morgan fingerprint density at radius 1 is 0.302 bits per heavy atom. The molecule has 2 aliphatic rings. The van der Waals surface area contributed by atoms with Gasteiger partial charge in [0.25, 0.3) is 6.71 Å². The number of fused-ring (bicyclic) bond motifs is 7. The van der Waals surface area contributed by atoms with Gasteiger partial charge < -0.3 is 14.4 Å². The number of aromatic nitrogens is 4. The lowest BCUT2D eigenvalue weighted by Crippen LogP contribution is -2.61. The predicted octanol–water partition coefficient (Wildman–Crippen LogP) is 18.9. The number of para-hydroxylation sites is 4. The molecule has 0 spiro atoms. The molecule has 7 heteroatoms. The molecule has 0 unspecified atom stereocenters. The predicted molar refractivity (Wildman–Crippen MR) is 365 cm³/mol. The lowest BCUT2D eigenvalue weighted by Gasteiger charge is -2.45. The Hall–Kier alpha value is -9.33. The smallest absolute Gasteiger partial charge is 0.252 e. The van der Waals surface area contributed by atoms with Crippen molar-refractivity contribution in [2.45, 2.75) is 105 Å². The summed E-state index contributed by atoms with van der Waals surface area (Å²) in [6.45, 7) is 28.1. The first-order valence-corrected chi connectivity index (χ1v) is 30.5. The monoisotopic (exact) mass is 1120 g/mol. The summed E-state index contributed by atoms with van der Waals surface area (Å²) in [6, 6.07) is 83.0. The quantitative estimate of drug-likeness (QED) is 0.149. The molecule has 4 heterocycles. The van der Waals surface area contributed by atoms with Crippen molar-refractivity contribution in [1.29, 1.82) is 0 Å². The van der Waals surface area contributed by atoms with E-state index in [9.17, 15) is 0 Å². The van der Waals surface area contributed by atoms with E-state index in [4.69, 9.17) is 15.0 Å². The van der Waals surface area contributed by atoms with Crippen LogP contribution in [-0.2, 0) is 21.7 Å². The van der Waals surface area contributed by atoms with Crippen molar-refractivity contribution in [2.24, 2.45) is 0 Å². The Kier molecular flexibility index (Phi) is 12.8. The molecular formula is C79H73BN6. The molecule has 0 fully saturated rings.